The third kappa shape index (κ3) is 4.46. The summed E-state index contributed by atoms with van der Waals surface area (Å²) in [7, 11) is 0. The van der Waals surface area contributed by atoms with E-state index in [9.17, 15) is 4.79 Å². The Kier molecular flexibility index (Phi) is 5.78. The van der Waals surface area contributed by atoms with Gasteiger partial charge in [-0.2, -0.15) is 0 Å². The summed E-state index contributed by atoms with van der Waals surface area (Å²) in [5.74, 6) is 0.586. The van der Waals surface area contributed by atoms with E-state index in [1.807, 2.05) is 42.5 Å². The summed E-state index contributed by atoms with van der Waals surface area (Å²) in [5, 5.41) is 3.04. The van der Waals surface area contributed by atoms with E-state index in [0.29, 0.717) is 18.0 Å². The van der Waals surface area contributed by atoms with E-state index in [-0.39, 0.29) is 5.91 Å². The van der Waals surface area contributed by atoms with Crippen molar-refractivity contribution in [1.82, 2.24) is 15.2 Å². The van der Waals surface area contributed by atoms with Crippen molar-refractivity contribution in [3.05, 3.63) is 90.1 Å². The molecule has 28 heavy (non-hydrogen) atoms. The van der Waals surface area contributed by atoms with E-state index < -0.39 is 0 Å². The Labute approximate surface area is 166 Å². The molecular formula is C24H25N3O. The van der Waals surface area contributed by atoms with Gasteiger partial charge in [0, 0.05) is 37.0 Å². The third-order valence-corrected chi connectivity index (χ3v) is 5.36. The van der Waals surface area contributed by atoms with Gasteiger partial charge >= 0.3 is 0 Å². The molecule has 4 rings (SSSR count). The molecule has 1 aromatic heterocycles. The highest BCUT2D eigenvalue weighted by atomic mass is 16.1. The highest BCUT2D eigenvalue weighted by Crippen LogP contribution is 2.26. The lowest BCUT2D eigenvalue weighted by Crippen LogP contribution is -2.33. The first-order valence-corrected chi connectivity index (χ1v) is 9.86. The second kappa shape index (κ2) is 8.81. The molecule has 142 valence electrons. The number of hydrogen-bond acceptors (Lipinski definition) is 3. The van der Waals surface area contributed by atoms with E-state index in [2.05, 4.69) is 45.5 Å². The first-order valence-electron chi connectivity index (χ1n) is 9.86. The molecule has 4 nitrogen and oxygen atoms in total. The number of carbonyl (C=O) groups is 1. The molecule has 4 heteroatoms. The number of aromatic nitrogens is 1. The second-order valence-corrected chi connectivity index (χ2v) is 7.25. The molecule has 1 aliphatic rings. The molecule has 0 radical (unpaired) electrons. The summed E-state index contributed by atoms with van der Waals surface area (Å²) in [6.07, 6.45) is 2.96. The van der Waals surface area contributed by atoms with Gasteiger partial charge in [-0.3, -0.25) is 9.78 Å². The van der Waals surface area contributed by atoms with Crippen molar-refractivity contribution >= 4 is 5.91 Å². The van der Waals surface area contributed by atoms with Gasteiger partial charge in [0.05, 0.1) is 5.69 Å². The molecule has 1 aliphatic heterocycles. The Hall–Kier alpha value is -2.98. The lowest BCUT2D eigenvalue weighted by Gasteiger charge is -2.16. The number of nitrogens with zero attached hydrogens (tertiary/aromatic N) is 2. The molecule has 2 aromatic carbocycles. The Morgan fingerprint density at radius 1 is 1.00 bits per heavy atom. The van der Waals surface area contributed by atoms with Gasteiger partial charge in [0.1, 0.15) is 0 Å². The molecule has 1 unspecified atom stereocenters. The largest absolute Gasteiger partial charge is 0.351 e. The van der Waals surface area contributed by atoms with Gasteiger partial charge in [0.15, 0.2) is 0 Å². The number of likely N-dealkylation sites (tertiary alicyclic amines) is 1. The Morgan fingerprint density at radius 3 is 2.54 bits per heavy atom. The zero-order valence-electron chi connectivity index (χ0n) is 15.9. The molecule has 0 spiro atoms. The molecule has 1 amide bonds. The minimum atomic E-state index is -0.0219. The molecule has 0 aliphatic carbocycles. The summed E-state index contributed by atoms with van der Waals surface area (Å²) in [4.78, 5) is 19.2. The van der Waals surface area contributed by atoms with Crippen LogP contribution in [0.3, 0.4) is 0 Å². The van der Waals surface area contributed by atoms with Gasteiger partial charge in [-0.05, 0) is 48.7 Å². The van der Waals surface area contributed by atoms with E-state index in [1.165, 1.54) is 12.0 Å². The van der Waals surface area contributed by atoms with Crippen LogP contribution in [0.4, 0.5) is 0 Å². The molecule has 1 N–H and O–H groups in total. The zero-order chi connectivity index (χ0) is 19.2. The number of amides is 1. The first kappa shape index (κ1) is 18.4. The van der Waals surface area contributed by atoms with Gasteiger partial charge in [0.2, 0.25) is 0 Å². The van der Waals surface area contributed by atoms with Crippen molar-refractivity contribution in [2.75, 3.05) is 26.2 Å². The minimum Gasteiger partial charge on any atom is -0.351 e. The lowest BCUT2D eigenvalue weighted by atomic mass is 9.99. The fourth-order valence-electron chi connectivity index (χ4n) is 3.79. The highest BCUT2D eigenvalue weighted by Gasteiger charge is 2.23. The van der Waals surface area contributed by atoms with Crippen LogP contribution in [0.1, 0.15) is 28.3 Å². The van der Waals surface area contributed by atoms with Crippen LogP contribution in [-0.2, 0) is 0 Å². The van der Waals surface area contributed by atoms with Crippen molar-refractivity contribution in [1.29, 1.82) is 0 Å². The summed E-state index contributed by atoms with van der Waals surface area (Å²) < 4.78 is 0. The normalized spacial score (nSPS) is 16.8. The van der Waals surface area contributed by atoms with Crippen LogP contribution in [0.25, 0.3) is 11.3 Å². The highest BCUT2D eigenvalue weighted by molar-refractivity contribution is 5.94. The van der Waals surface area contributed by atoms with Gasteiger partial charge in [0.25, 0.3) is 5.91 Å². The number of rotatable bonds is 6. The van der Waals surface area contributed by atoms with Crippen LogP contribution in [0, 0.1) is 0 Å². The lowest BCUT2D eigenvalue weighted by molar-refractivity contribution is 0.0949. The molecule has 1 fully saturated rings. The van der Waals surface area contributed by atoms with E-state index in [1.54, 1.807) is 6.20 Å². The zero-order valence-corrected chi connectivity index (χ0v) is 15.9. The van der Waals surface area contributed by atoms with Crippen LogP contribution < -0.4 is 5.32 Å². The predicted octanol–water partition coefficient (Wildman–Crippen LogP) is 3.97. The second-order valence-electron chi connectivity index (χ2n) is 7.25. The molecule has 0 bridgehead atoms. The van der Waals surface area contributed by atoms with Crippen LogP contribution >= 0.6 is 0 Å². The summed E-state index contributed by atoms with van der Waals surface area (Å²) in [6.45, 7) is 3.72. The number of carbonyl (C=O) groups excluding carboxylic acids is 1. The maximum atomic E-state index is 12.4. The maximum Gasteiger partial charge on any atom is 0.251 e. The Bertz CT molecular complexity index is 894. The molecule has 2 heterocycles. The predicted molar refractivity (Wildman–Crippen MR) is 112 cm³/mol. The molecular weight excluding hydrogens is 346 g/mol. The number of pyridine rings is 1. The molecule has 1 saturated heterocycles. The van der Waals surface area contributed by atoms with E-state index in [0.717, 1.165) is 30.9 Å². The standard InChI is InChI=1S/C24H25N3O/c28-24(21-11-9-20(10-12-21)23-8-4-5-14-25-23)26-15-17-27-16-13-22(18-27)19-6-2-1-3-7-19/h1-12,14,22H,13,15-18H2,(H,26,28). The van der Waals surface area contributed by atoms with Crippen molar-refractivity contribution in [3.8, 4) is 11.3 Å². The van der Waals surface area contributed by atoms with Crippen LogP contribution in [-0.4, -0.2) is 42.0 Å². The van der Waals surface area contributed by atoms with Gasteiger partial charge in [-0.1, -0.05) is 48.5 Å². The van der Waals surface area contributed by atoms with E-state index >= 15 is 0 Å². The molecule has 0 saturated carbocycles. The van der Waals surface area contributed by atoms with Gasteiger partial charge in [-0.25, -0.2) is 0 Å². The monoisotopic (exact) mass is 371 g/mol. The Morgan fingerprint density at radius 2 is 1.79 bits per heavy atom. The van der Waals surface area contributed by atoms with Gasteiger partial charge in [-0.15, -0.1) is 0 Å². The fraction of sp³-hybridized carbons (Fsp3) is 0.250. The van der Waals surface area contributed by atoms with Crippen molar-refractivity contribution in [2.24, 2.45) is 0 Å². The summed E-state index contributed by atoms with van der Waals surface area (Å²) in [6, 6.07) is 24.1. The molecule has 3 aromatic rings. The number of hydrogen-bond donors (Lipinski definition) is 1. The molecule has 1 atom stereocenters. The number of nitrogens with one attached hydrogen (secondary N) is 1. The minimum absolute atomic E-state index is 0.0219. The van der Waals surface area contributed by atoms with Crippen molar-refractivity contribution in [2.45, 2.75) is 12.3 Å². The van der Waals surface area contributed by atoms with Crippen molar-refractivity contribution in [3.63, 3.8) is 0 Å². The van der Waals surface area contributed by atoms with Gasteiger partial charge < -0.3 is 10.2 Å². The third-order valence-electron chi connectivity index (χ3n) is 5.36. The van der Waals surface area contributed by atoms with E-state index in [4.69, 9.17) is 0 Å². The van der Waals surface area contributed by atoms with Crippen LogP contribution in [0.2, 0.25) is 0 Å². The average Bonchev–Trinajstić information content (AvgIpc) is 3.24. The fourth-order valence-corrected chi connectivity index (χ4v) is 3.79. The van der Waals surface area contributed by atoms with Crippen molar-refractivity contribution < 1.29 is 4.79 Å². The van der Waals surface area contributed by atoms with Crippen LogP contribution in [0.5, 0.6) is 0 Å². The smallest absolute Gasteiger partial charge is 0.251 e. The SMILES string of the molecule is O=C(NCCN1CCC(c2ccccc2)C1)c1ccc(-c2ccccn2)cc1. The van der Waals surface area contributed by atoms with Crippen LogP contribution in [0.15, 0.2) is 79.0 Å². The number of benzene rings is 2. The quantitative estimate of drug-likeness (QED) is 0.713. The topological polar surface area (TPSA) is 45.2 Å². The Balaban J connectivity index is 1.25. The first-order chi connectivity index (χ1) is 13.8. The summed E-state index contributed by atoms with van der Waals surface area (Å²) >= 11 is 0. The maximum absolute atomic E-state index is 12.4. The average molecular weight is 371 g/mol. The summed E-state index contributed by atoms with van der Waals surface area (Å²) in [5.41, 5.74) is 4.03.